The predicted octanol–water partition coefficient (Wildman–Crippen LogP) is 2.72. The van der Waals surface area contributed by atoms with Crippen molar-refractivity contribution in [3.8, 4) is 0 Å². The maximum absolute atomic E-state index is 4.69. The molecule has 1 aliphatic rings. The molecule has 4 heteroatoms. The van der Waals surface area contributed by atoms with Crippen LogP contribution in [0.4, 0.5) is 0 Å². The van der Waals surface area contributed by atoms with Crippen molar-refractivity contribution in [1.29, 1.82) is 0 Å². The first-order valence-electron chi connectivity index (χ1n) is 6.27. The van der Waals surface area contributed by atoms with Crippen molar-refractivity contribution >= 4 is 16.3 Å². The highest BCUT2D eigenvalue weighted by Crippen LogP contribution is 2.40. The molecule has 2 atom stereocenters. The van der Waals surface area contributed by atoms with Crippen molar-refractivity contribution in [1.82, 2.24) is 14.7 Å². The van der Waals surface area contributed by atoms with Crippen LogP contribution in [0, 0.1) is 5.41 Å². The normalized spacial score (nSPS) is 29.2. The Morgan fingerprint density at radius 2 is 2.53 bits per heavy atom. The largest absolute Gasteiger partial charge is 0.317 e. The summed E-state index contributed by atoms with van der Waals surface area (Å²) in [6.07, 6.45) is 9.26. The molecule has 2 heterocycles. The minimum Gasteiger partial charge on any atom is -0.317 e. The first-order valence-corrected chi connectivity index (χ1v) is 7.15. The van der Waals surface area contributed by atoms with Gasteiger partial charge < -0.3 is 5.32 Å². The molecule has 0 aliphatic heterocycles. The Morgan fingerprint density at radius 1 is 1.65 bits per heavy atom. The number of aromatic nitrogens is 2. The van der Waals surface area contributed by atoms with Gasteiger partial charge in [-0.15, -0.1) is 11.3 Å². The van der Waals surface area contributed by atoms with Gasteiger partial charge in [0.1, 0.15) is 0 Å². The van der Waals surface area contributed by atoms with Crippen molar-refractivity contribution in [2.75, 3.05) is 7.05 Å². The van der Waals surface area contributed by atoms with Gasteiger partial charge in [0.05, 0.1) is 5.69 Å². The standard InChI is InChI=1S/C13H19N3S/c1-13(4-3-10(7-13)14-2)8-11-9-16-5-6-17-12(16)15-11/h5-6,9-10,14H,3-4,7-8H2,1-2H3. The van der Waals surface area contributed by atoms with E-state index in [-0.39, 0.29) is 0 Å². The smallest absolute Gasteiger partial charge is 0.193 e. The molecule has 0 radical (unpaired) electrons. The zero-order valence-electron chi connectivity index (χ0n) is 10.4. The highest BCUT2D eigenvalue weighted by molar-refractivity contribution is 7.15. The number of nitrogens with one attached hydrogen (secondary N) is 1. The molecule has 0 saturated heterocycles. The van der Waals surface area contributed by atoms with Crippen LogP contribution in [0.2, 0.25) is 0 Å². The van der Waals surface area contributed by atoms with E-state index in [1.54, 1.807) is 11.3 Å². The van der Waals surface area contributed by atoms with Crippen LogP contribution in [0.5, 0.6) is 0 Å². The molecular weight excluding hydrogens is 230 g/mol. The summed E-state index contributed by atoms with van der Waals surface area (Å²) in [5.74, 6) is 0. The van der Waals surface area contributed by atoms with Crippen molar-refractivity contribution in [3.63, 3.8) is 0 Å². The van der Waals surface area contributed by atoms with E-state index in [0.29, 0.717) is 11.5 Å². The molecular formula is C13H19N3S. The van der Waals surface area contributed by atoms with Crippen LogP contribution in [-0.4, -0.2) is 22.5 Å². The van der Waals surface area contributed by atoms with E-state index in [9.17, 15) is 0 Å². The molecule has 2 aromatic rings. The molecule has 1 aliphatic carbocycles. The fourth-order valence-corrected chi connectivity index (χ4v) is 3.75. The molecule has 3 rings (SSSR count). The second kappa shape index (κ2) is 4.10. The van der Waals surface area contributed by atoms with E-state index in [2.05, 4.69) is 41.5 Å². The quantitative estimate of drug-likeness (QED) is 0.906. The molecule has 1 fully saturated rings. The number of nitrogens with zero attached hydrogens (tertiary/aromatic N) is 2. The maximum Gasteiger partial charge on any atom is 0.193 e. The summed E-state index contributed by atoms with van der Waals surface area (Å²) in [4.78, 5) is 5.81. The van der Waals surface area contributed by atoms with E-state index < -0.39 is 0 Å². The zero-order chi connectivity index (χ0) is 11.9. The van der Waals surface area contributed by atoms with E-state index in [0.717, 1.165) is 11.4 Å². The third-order valence-corrected chi connectivity index (χ3v) is 4.77. The van der Waals surface area contributed by atoms with Crippen LogP contribution in [-0.2, 0) is 6.42 Å². The van der Waals surface area contributed by atoms with Crippen molar-refractivity contribution in [2.45, 2.75) is 38.6 Å². The van der Waals surface area contributed by atoms with Gasteiger partial charge >= 0.3 is 0 Å². The summed E-state index contributed by atoms with van der Waals surface area (Å²) >= 11 is 1.71. The predicted molar refractivity (Wildman–Crippen MR) is 71.6 cm³/mol. The molecule has 1 saturated carbocycles. The molecule has 2 unspecified atom stereocenters. The lowest BCUT2D eigenvalue weighted by atomic mass is 9.84. The fraction of sp³-hybridized carbons (Fsp3) is 0.615. The summed E-state index contributed by atoms with van der Waals surface area (Å²) in [6.45, 7) is 2.40. The maximum atomic E-state index is 4.69. The first kappa shape index (κ1) is 11.2. The third-order valence-electron chi connectivity index (χ3n) is 3.99. The number of rotatable bonds is 3. The van der Waals surface area contributed by atoms with Gasteiger partial charge in [-0.3, -0.25) is 4.40 Å². The van der Waals surface area contributed by atoms with E-state index in [1.807, 2.05) is 0 Å². The SMILES string of the molecule is CNC1CCC(C)(Cc2cn3ccsc3n2)C1. The molecule has 0 bridgehead atoms. The Labute approximate surface area is 106 Å². The summed E-state index contributed by atoms with van der Waals surface area (Å²) in [6, 6.07) is 0.698. The van der Waals surface area contributed by atoms with Gasteiger partial charge in [-0.2, -0.15) is 0 Å². The molecule has 2 aromatic heterocycles. The number of imidazole rings is 1. The first-order chi connectivity index (χ1) is 8.18. The minimum atomic E-state index is 0.428. The van der Waals surface area contributed by atoms with E-state index in [4.69, 9.17) is 4.98 Å². The van der Waals surface area contributed by atoms with Crippen LogP contribution in [0.3, 0.4) is 0 Å². The van der Waals surface area contributed by atoms with Gasteiger partial charge in [0.2, 0.25) is 0 Å². The van der Waals surface area contributed by atoms with Gasteiger partial charge in [-0.05, 0) is 38.1 Å². The summed E-state index contributed by atoms with van der Waals surface area (Å²) in [5, 5.41) is 5.49. The van der Waals surface area contributed by atoms with E-state index in [1.165, 1.54) is 25.0 Å². The number of hydrogen-bond acceptors (Lipinski definition) is 3. The average Bonchev–Trinajstić information content (AvgIpc) is 2.92. The molecule has 17 heavy (non-hydrogen) atoms. The molecule has 0 spiro atoms. The average molecular weight is 249 g/mol. The monoisotopic (exact) mass is 249 g/mol. The molecule has 92 valence electrons. The highest BCUT2D eigenvalue weighted by atomic mass is 32.1. The lowest BCUT2D eigenvalue weighted by molar-refractivity contribution is 0.321. The van der Waals surface area contributed by atoms with Crippen LogP contribution < -0.4 is 5.32 Å². The Morgan fingerprint density at radius 3 is 3.24 bits per heavy atom. The minimum absolute atomic E-state index is 0.428. The zero-order valence-corrected chi connectivity index (χ0v) is 11.3. The second-order valence-electron chi connectivity index (χ2n) is 5.54. The Balaban J connectivity index is 1.76. The highest BCUT2D eigenvalue weighted by Gasteiger charge is 2.35. The molecule has 0 amide bonds. The topological polar surface area (TPSA) is 29.3 Å². The second-order valence-corrected chi connectivity index (χ2v) is 6.41. The third kappa shape index (κ3) is 2.11. The lowest BCUT2D eigenvalue weighted by Gasteiger charge is -2.22. The number of hydrogen-bond donors (Lipinski definition) is 1. The van der Waals surface area contributed by atoms with Crippen molar-refractivity contribution < 1.29 is 0 Å². The molecule has 1 N–H and O–H groups in total. The summed E-state index contributed by atoms with van der Waals surface area (Å²) in [7, 11) is 2.07. The van der Waals surface area contributed by atoms with Gasteiger partial charge in [0.15, 0.2) is 4.96 Å². The van der Waals surface area contributed by atoms with Crippen LogP contribution in [0.1, 0.15) is 31.9 Å². The van der Waals surface area contributed by atoms with Crippen molar-refractivity contribution in [2.24, 2.45) is 5.41 Å². The van der Waals surface area contributed by atoms with Gasteiger partial charge in [0.25, 0.3) is 0 Å². The number of thiazole rings is 1. The van der Waals surface area contributed by atoms with E-state index >= 15 is 0 Å². The van der Waals surface area contributed by atoms with Gasteiger partial charge in [-0.25, -0.2) is 4.98 Å². The fourth-order valence-electron chi connectivity index (χ4n) is 3.03. The summed E-state index contributed by atoms with van der Waals surface area (Å²) < 4.78 is 2.13. The van der Waals surface area contributed by atoms with Crippen LogP contribution in [0.15, 0.2) is 17.8 Å². The Kier molecular flexibility index (Phi) is 2.71. The Bertz CT molecular complexity index is 487. The number of fused-ring (bicyclic) bond motifs is 1. The lowest BCUT2D eigenvalue weighted by Crippen LogP contribution is -2.24. The molecule has 3 nitrogen and oxygen atoms in total. The van der Waals surface area contributed by atoms with Crippen molar-refractivity contribution in [3.05, 3.63) is 23.5 Å². The Hall–Kier alpha value is -0.870. The van der Waals surface area contributed by atoms with Gasteiger partial charge in [0, 0.05) is 23.8 Å². The van der Waals surface area contributed by atoms with Crippen LogP contribution >= 0.6 is 11.3 Å². The summed E-state index contributed by atoms with van der Waals surface area (Å²) in [5.41, 5.74) is 1.67. The van der Waals surface area contributed by atoms with Gasteiger partial charge in [-0.1, -0.05) is 6.92 Å². The molecule has 0 aromatic carbocycles. The van der Waals surface area contributed by atoms with Crippen LogP contribution in [0.25, 0.3) is 4.96 Å².